The van der Waals surface area contributed by atoms with Crippen LogP contribution in [0.3, 0.4) is 0 Å². The van der Waals surface area contributed by atoms with Gasteiger partial charge in [0.2, 0.25) is 0 Å². The number of ether oxygens (including phenoxy) is 2. The van der Waals surface area contributed by atoms with E-state index in [0.29, 0.717) is 34.4 Å². The Kier molecular flexibility index (Phi) is 7.48. The van der Waals surface area contributed by atoms with Gasteiger partial charge in [-0.2, -0.15) is 0 Å². The third kappa shape index (κ3) is 5.53. The molecular formula is C27H23ClN2O4S. The van der Waals surface area contributed by atoms with Gasteiger partial charge in [-0.05, 0) is 77.8 Å². The highest BCUT2D eigenvalue weighted by molar-refractivity contribution is 7.80. The molecule has 0 bridgehead atoms. The molecular weight excluding hydrogens is 484 g/mol. The quantitative estimate of drug-likeness (QED) is 0.267. The van der Waals surface area contributed by atoms with Crippen LogP contribution in [0, 0.1) is 0 Å². The molecule has 0 aromatic heterocycles. The van der Waals surface area contributed by atoms with Crippen molar-refractivity contribution in [2.24, 2.45) is 0 Å². The number of rotatable bonds is 7. The number of carbonyl (C=O) groups excluding carboxylic acids is 2. The molecule has 3 aromatic rings. The van der Waals surface area contributed by atoms with Gasteiger partial charge in [-0.1, -0.05) is 48.9 Å². The van der Waals surface area contributed by atoms with Gasteiger partial charge < -0.3 is 9.47 Å². The van der Waals surface area contributed by atoms with Gasteiger partial charge in [0.25, 0.3) is 11.8 Å². The van der Waals surface area contributed by atoms with E-state index in [2.05, 4.69) is 12.2 Å². The molecule has 35 heavy (non-hydrogen) atoms. The fourth-order valence-electron chi connectivity index (χ4n) is 3.57. The van der Waals surface area contributed by atoms with E-state index in [1.807, 2.05) is 36.4 Å². The number of anilines is 1. The Balaban J connectivity index is 1.57. The summed E-state index contributed by atoms with van der Waals surface area (Å²) in [5, 5.41) is 3.30. The maximum absolute atomic E-state index is 13.3. The molecule has 178 valence electrons. The number of methoxy groups -OCH3 is 1. The zero-order valence-corrected chi connectivity index (χ0v) is 20.8. The van der Waals surface area contributed by atoms with Gasteiger partial charge in [-0.15, -0.1) is 0 Å². The predicted molar refractivity (Wildman–Crippen MR) is 141 cm³/mol. The molecule has 0 radical (unpaired) electrons. The highest BCUT2D eigenvalue weighted by atomic mass is 35.5. The number of hydrogen-bond acceptors (Lipinski definition) is 5. The third-order valence-corrected chi connectivity index (χ3v) is 6.05. The van der Waals surface area contributed by atoms with E-state index in [9.17, 15) is 9.59 Å². The first kappa shape index (κ1) is 24.4. The van der Waals surface area contributed by atoms with E-state index in [1.165, 1.54) is 18.1 Å². The summed E-state index contributed by atoms with van der Waals surface area (Å²) in [6, 6.07) is 20.0. The molecule has 1 saturated heterocycles. The first-order valence-electron chi connectivity index (χ1n) is 10.9. The van der Waals surface area contributed by atoms with Crippen LogP contribution in [0.5, 0.6) is 11.5 Å². The molecule has 1 aliphatic rings. The van der Waals surface area contributed by atoms with Crippen LogP contribution in [0.4, 0.5) is 5.69 Å². The maximum Gasteiger partial charge on any atom is 0.270 e. The number of benzene rings is 3. The monoisotopic (exact) mass is 506 g/mol. The van der Waals surface area contributed by atoms with Gasteiger partial charge >= 0.3 is 0 Å². The standard InChI is InChI=1S/C27H23ClN2O4S/c1-3-17-6-11-21(12-7-17)30-26(32)22(25(31)29-27(30)35)14-19-8-13-23(24(15-19)33-2)34-16-18-4-9-20(28)10-5-18/h4-15H,3,16H2,1-2H3,(H,29,31,35)/b22-14+. The highest BCUT2D eigenvalue weighted by Gasteiger charge is 2.34. The van der Waals surface area contributed by atoms with E-state index in [0.717, 1.165) is 17.5 Å². The first-order chi connectivity index (χ1) is 16.9. The second kappa shape index (κ2) is 10.7. The van der Waals surface area contributed by atoms with E-state index in [-0.39, 0.29) is 10.7 Å². The van der Waals surface area contributed by atoms with Crippen molar-refractivity contribution in [1.82, 2.24) is 5.32 Å². The van der Waals surface area contributed by atoms with Gasteiger partial charge in [0.05, 0.1) is 12.8 Å². The van der Waals surface area contributed by atoms with Gasteiger partial charge in [0.1, 0.15) is 12.2 Å². The Morgan fingerprint density at radius 2 is 1.66 bits per heavy atom. The average Bonchev–Trinajstić information content (AvgIpc) is 2.86. The van der Waals surface area contributed by atoms with Crippen molar-refractivity contribution in [3.8, 4) is 11.5 Å². The van der Waals surface area contributed by atoms with Gasteiger partial charge in [-0.3, -0.25) is 19.8 Å². The normalized spacial score (nSPS) is 14.8. The van der Waals surface area contributed by atoms with Gasteiger partial charge in [0.15, 0.2) is 16.6 Å². The molecule has 0 unspecified atom stereocenters. The number of amides is 2. The van der Waals surface area contributed by atoms with Crippen LogP contribution in [0.2, 0.25) is 5.02 Å². The summed E-state index contributed by atoms with van der Waals surface area (Å²) < 4.78 is 11.4. The summed E-state index contributed by atoms with van der Waals surface area (Å²) in [5.74, 6) is -0.0455. The van der Waals surface area contributed by atoms with E-state index < -0.39 is 11.8 Å². The van der Waals surface area contributed by atoms with Crippen LogP contribution in [-0.2, 0) is 22.6 Å². The molecule has 0 atom stereocenters. The van der Waals surface area contributed by atoms with Crippen LogP contribution < -0.4 is 19.7 Å². The van der Waals surface area contributed by atoms with Crippen molar-refractivity contribution in [2.45, 2.75) is 20.0 Å². The fraction of sp³-hybridized carbons (Fsp3) is 0.148. The second-order valence-electron chi connectivity index (χ2n) is 7.80. The summed E-state index contributed by atoms with van der Waals surface area (Å²) in [5.41, 5.74) is 3.25. The topological polar surface area (TPSA) is 67.9 Å². The Morgan fingerprint density at radius 3 is 2.31 bits per heavy atom. The largest absolute Gasteiger partial charge is 0.493 e. The molecule has 2 amide bonds. The van der Waals surface area contributed by atoms with Crippen LogP contribution in [0.25, 0.3) is 6.08 Å². The number of halogens is 1. The van der Waals surface area contributed by atoms with Crippen LogP contribution in [0.1, 0.15) is 23.6 Å². The van der Waals surface area contributed by atoms with E-state index in [4.69, 9.17) is 33.3 Å². The molecule has 1 fully saturated rings. The number of hydrogen-bond donors (Lipinski definition) is 1. The van der Waals surface area contributed by atoms with Gasteiger partial charge in [-0.25, -0.2) is 0 Å². The minimum Gasteiger partial charge on any atom is -0.493 e. The molecule has 1 N–H and O–H groups in total. The third-order valence-electron chi connectivity index (χ3n) is 5.51. The molecule has 4 rings (SSSR count). The molecule has 0 spiro atoms. The van der Waals surface area contributed by atoms with Crippen LogP contribution in [-0.4, -0.2) is 24.0 Å². The fourth-order valence-corrected chi connectivity index (χ4v) is 3.98. The molecule has 0 aliphatic carbocycles. The lowest BCUT2D eigenvalue weighted by Gasteiger charge is -2.29. The number of carbonyl (C=O) groups is 2. The Morgan fingerprint density at radius 1 is 0.971 bits per heavy atom. The highest BCUT2D eigenvalue weighted by Crippen LogP contribution is 2.31. The average molecular weight is 507 g/mol. The number of thiocarbonyl (C=S) groups is 1. The molecule has 1 heterocycles. The SMILES string of the molecule is CCc1ccc(N2C(=O)/C(=C/c3ccc(OCc4ccc(Cl)cc4)c(OC)c3)C(=O)NC2=S)cc1. The van der Waals surface area contributed by atoms with E-state index >= 15 is 0 Å². The zero-order valence-electron chi connectivity index (χ0n) is 19.2. The van der Waals surface area contributed by atoms with Crippen LogP contribution in [0.15, 0.2) is 72.3 Å². The maximum atomic E-state index is 13.3. The number of nitrogens with one attached hydrogen (secondary N) is 1. The van der Waals surface area contributed by atoms with Crippen molar-refractivity contribution in [3.63, 3.8) is 0 Å². The Bertz CT molecular complexity index is 1300. The summed E-state index contributed by atoms with van der Waals surface area (Å²) in [4.78, 5) is 27.2. The Hall–Kier alpha value is -3.68. The van der Waals surface area contributed by atoms with Crippen molar-refractivity contribution in [2.75, 3.05) is 12.0 Å². The summed E-state index contributed by atoms with van der Waals surface area (Å²) >= 11 is 11.2. The molecule has 3 aromatic carbocycles. The lowest BCUT2D eigenvalue weighted by molar-refractivity contribution is -0.122. The van der Waals surface area contributed by atoms with Crippen molar-refractivity contribution in [1.29, 1.82) is 0 Å². The van der Waals surface area contributed by atoms with Crippen molar-refractivity contribution >= 4 is 52.5 Å². The van der Waals surface area contributed by atoms with E-state index in [1.54, 1.807) is 30.3 Å². The molecule has 0 saturated carbocycles. The lowest BCUT2D eigenvalue weighted by Crippen LogP contribution is -2.54. The molecule has 1 aliphatic heterocycles. The van der Waals surface area contributed by atoms with Crippen molar-refractivity contribution < 1.29 is 19.1 Å². The minimum atomic E-state index is -0.552. The Labute approximate surface area is 214 Å². The van der Waals surface area contributed by atoms with Crippen LogP contribution >= 0.6 is 23.8 Å². The van der Waals surface area contributed by atoms with Gasteiger partial charge in [0, 0.05) is 5.02 Å². The van der Waals surface area contributed by atoms with Crippen molar-refractivity contribution in [3.05, 3.63) is 94.0 Å². The molecule has 8 heteroatoms. The smallest absolute Gasteiger partial charge is 0.270 e. The second-order valence-corrected chi connectivity index (χ2v) is 8.63. The lowest BCUT2D eigenvalue weighted by atomic mass is 10.1. The summed E-state index contributed by atoms with van der Waals surface area (Å²) in [6.45, 7) is 2.38. The molecule has 6 nitrogen and oxygen atoms in total. The zero-order chi connectivity index (χ0) is 24.9. The first-order valence-corrected chi connectivity index (χ1v) is 11.7. The summed E-state index contributed by atoms with van der Waals surface area (Å²) in [7, 11) is 1.53. The summed E-state index contributed by atoms with van der Waals surface area (Å²) in [6.07, 6.45) is 2.39. The predicted octanol–water partition coefficient (Wildman–Crippen LogP) is 5.32. The minimum absolute atomic E-state index is 0.0324. The number of nitrogens with zero attached hydrogens (tertiary/aromatic N) is 1. The number of aryl methyl sites for hydroxylation is 1.